The van der Waals surface area contributed by atoms with Crippen molar-refractivity contribution in [1.82, 2.24) is 9.97 Å². The standard InChI is InChI=1S/C26H20N4O2/c1-16-4-2-3-5-20(16)18-7-9-24-22(11-18)26(14-31-25(27)30-26)21-10-17(6-8-23(21)32-24)19-12-28-15-29-13-19/h2-13,15H,14H2,1H3,(H2,27,30)/t26-/m0/s1. The summed E-state index contributed by atoms with van der Waals surface area (Å²) in [5.41, 5.74) is 12.5. The van der Waals surface area contributed by atoms with E-state index in [0.29, 0.717) is 6.61 Å². The van der Waals surface area contributed by atoms with E-state index in [9.17, 15) is 0 Å². The number of fused-ring (bicyclic) bond motifs is 4. The molecule has 4 aromatic rings. The van der Waals surface area contributed by atoms with Gasteiger partial charge < -0.3 is 15.2 Å². The highest BCUT2D eigenvalue weighted by Crippen LogP contribution is 2.52. The van der Waals surface area contributed by atoms with Gasteiger partial charge in [0.05, 0.1) is 0 Å². The molecule has 6 nitrogen and oxygen atoms in total. The van der Waals surface area contributed by atoms with E-state index in [1.54, 1.807) is 12.4 Å². The van der Waals surface area contributed by atoms with E-state index >= 15 is 0 Å². The van der Waals surface area contributed by atoms with Gasteiger partial charge in [-0.3, -0.25) is 0 Å². The fourth-order valence-electron chi connectivity index (χ4n) is 4.55. The van der Waals surface area contributed by atoms with E-state index in [4.69, 9.17) is 20.2 Å². The van der Waals surface area contributed by atoms with Gasteiger partial charge in [0, 0.05) is 29.1 Å². The molecule has 0 unspecified atom stereocenters. The van der Waals surface area contributed by atoms with Gasteiger partial charge in [-0.2, -0.15) is 0 Å². The third kappa shape index (κ3) is 2.76. The number of ether oxygens (including phenoxy) is 2. The number of hydrogen-bond donors (Lipinski definition) is 1. The van der Waals surface area contributed by atoms with Crippen molar-refractivity contribution in [2.24, 2.45) is 10.7 Å². The molecule has 2 aliphatic heterocycles. The summed E-state index contributed by atoms with van der Waals surface area (Å²) in [6.07, 6.45) is 5.10. The second-order valence-corrected chi connectivity index (χ2v) is 8.07. The summed E-state index contributed by atoms with van der Waals surface area (Å²) in [5, 5.41) is 0. The molecule has 1 aromatic heterocycles. The van der Waals surface area contributed by atoms with Crippen LogP contribution in [0.2, 0.25) is 0 Å². The predicted octanol–water partition coefficient (Wildman–Crippen LogP) is 4.81. The second kappa shape index (κ2) is 6.92. The Bertz CT molecular complexity index is 1380. The summed E-state index contributed by atoms with van der Waals surface area (Å²) >= 11 is 0. The molecule has 6 heteroatoms. The fraction of sp³-hybridized carbons (Fsp3) is 0.115. The minimum Gasteiger partial charge on any atom is -0.462 e. The number of benzene rings is 3. The van der Waals surface area contributed by atoms with E-state index in [-0.39, 0.29) is 6.02 Å². The molecule has 0 fully saturated rings. The average Bonchev–Trinajstić information content (AvgIpc) is 3.22. The lowest BCUT2D eigenvalue weighted by Gasteiger charge is -2.34. The van der Waals surface area contributed by atoms with Crippen molar-refractivity contribution in [3.8, 4) is 33.8 Å². The van der Waals surface area contributed by atoms with Crippen LogP contribution in [-0.4, -0.2) is 22.6 Å². The first-order valence-corrected chi connectivity index (χ1v) is 10.4. The Morgan fingerprint density at radius 2 is 1.53 bits per heavy atom. The largest absolute Gasteiger partial charge is 0.462 e. The molecule has 3 aromatic carbocycles. The molecular weight excluding hydrogens is 400 g/mol. The van der Waals surface area contributed by atoms with Crippen LogP contribution in [0.15, 0.2) is 84.4 Å². The summed E-state index contributed by atoms with van der Waals surface area (Å²) in [5.74, 6) is 1.50. The SMILES string of the molecule is Cc1ccccc1-c1ccc2c(c1)[C@]1(COC(N)=N1)c1cc(-c3cncnc3)ccc1O2. The summed E-state index contributed by atoms with van der Waals surface area (Å²) in [4.78, 5) is 13.1. The Morgan fingerprint density at radius 3 is 2.22 bits per heavy atom. The van der Waals surface area contributed by atoms with E-state index in [0.717, 1.165) is 39.3 Å². The maximum Gasteiger partial charge on any atom is 0.283 e. The third-order valence-corrected chi connectivity index (χ3v) is 6.15. The van der Waals surface area contributed by atoms with Crippen molar-refractivity contribution >= 4 is 6.02 Å². The summed E-state index contributed by atoms with van der Waals surface area (Å²) in [6, 6.07) is 20.8. The monoisotopic (exact) mass is 420 g/mol. The molecule has 32 heavy (non-hydrogen) atoms. The Hall–Kier alpha value is -4.19. The Morgan fingerprint density at radius 1 is 0.844 bits per heavy atom. The highest BCUT2D eigenvalue weighted by atomic mass is 16.5. The smallest absolute Gasteiger partial charge is 0.283 e. The molecule has 0 saturated heterocycles. The first-order chi connectivity index (χ1) is 15.6. The average molecular weight is 420 g/mol. The van der Waals surface area contributed by atoms with Gasteiger partial charge in [0.25, 0.3) is 6.02 Å². The van der Waals surface area contributed by atoms with Crippen LogP contribution in [0.4, 0.5) is 0 Å². The van der Waals surface area contributed by atoms with Gasteiger partial charge >= 0.3 is 0 Å². The van der Waals surface area contributed by atoms with Crippen LogP contribution >= 0.6 is 0 Å². The van der Waals surface area contributed by atoms with Crippen molar-refractivity contribution < 1.29 is 9.47 Å². The molecule has 0 radical (unpaired) electrons. The molecular formula is C26H20N4O2. The van der Waals surface area contributed by atoms with Crippen LogP contribution < -0.4 is 10.5 Å². The molecule has 0 saturated carbocycles. The van der Waals surface area contributed by atoms with Gasteiger partial charge in [-0.1, -0.05) is 36.4 Å². The second-order valence-electron chi connectivity index (χ2n) is 8.07. The van der Waals surface area contributed by atoms with Gasteiger partial charge in [0.15, 0.2) is 5.54 Å². The van der Waals surface area contributed by atoms with Crippen molar-refractivity contribution in [2.75, 3.05) is 6.61 Å². The number of hydrogen-bond acceptors (Lipinski definition) is 6. The van der Waals surface area contributed by atoms with Crippen molar-refractivity contribution in [3.05, 3.63) is 96.1 Å². The summed E-state index contributed by atoms with van der Waals surface area (Å²) in [6.45, 7) is 2.42. The zero-order chi connectivity index (χ0) is 21.7. The minimum absolute atomic E-state index is 0.179. The third-order valence-electron chi connectivity index (χ3n) is 6.15. The van der Waals surface area contributed by atoms with E-state index in [1.807, 2.05) is 30.3 Å². The first-order valence-electron chi connectivity index (χ1n) is 10.4. The zero-order valence-electron chi connectivity index (χ0n) is 17.4. The highest BCUT2D eigenvalue weighted by Gasteiger charge is 2.47. The van der Waals surface area contributed by atoms with Crippen LogP contribution in [0.5, 0.6) is 11.5 Å². The van der Waals surface area contributed by atoms with Crippen molar-refractivity contribution in [1.29, 1.82) is 0 Å². The molecule has 6 rings (SSSR count). The Labute approximate surface area is 185 Å². The lowest BCUT2D eigenvalue weighted by Crippen LogP contribution is -2.31. The number of rotatable bonds is 2. The van der Waals surface area contributed by atoms with Gasteiger partial charge in [-0.15, -0.1) is 0 Å². The number of aliphatic imine (C=N–C) groups is 1. The molecule has 156 valence electrons. The summed E-state index contributed by atoms with van der Waals surface area (Å²) < 4.78 is 12.0. The summed E-state index contributed by atoms with van der Waals surface area (Å²) in [7, 11) is 0. The number of aryl methyl sites for hydroxylation is 1. The van der Waals surface area contributed by atoms with Gasteiger partial charge in [-0.25, -0.2) is 15.0 Å². The number of aromatic nitrogens is 2. The highest BCUT2D eigenvalue weighted by molar-refractivity contribution is 5.79. The molecule has 1 atom stereocenters. The van der Waals surface area contributed by atoms with Crippen molar-refractivity contribution in [3.63, 3.8) is 0 Å². The molecule has 0 bridgehead atoms. The normalized spacial score (nSPS) is 18.3. The molecule has 3 heterocycles. The van der Waals surface area contributed by atoms with Gasteiger partial charge in [-0.05, 0) is 53.4 Å². The quantitative estimate of drug-likeness (QED) is 0.503. The fourth-order valence-corrected chi connectivity index (χ4v) is 4.55. The maximum absolute atomic E-state index is 6.31. The Balaban J connectivity index is 1.57. The molecule has 2 N–H and O–H groups in total. The van der Waals surface area contributed by atoms with Crippen LogP contribution in [0.1, 0.15) is 16.7 Å². The number of amidine groups is 1. The maximum atomic E-state index is 6.31. The van der Waals surface area contributed by atoms with Gasteiger partial charge in [0.1, 0.15) is 24.4 Å². The molecule has 2 aliphatic rings. The molecule has 0 amide bonds. The van der Waals surface area contributed by atoms with Crippen molar-refractivity contribution in [2.45, 2.75) is 12.5 Å². The lowest BCUT2D eigenvalue weighted by molar-refractivity contribution is 0.264. The van der Waals surface area contributed by atoms with E-state index in [2.05, 4.69) is 47.2 Å². The van der Waals surface area contributed by atoms with Crippen LogP contribution in [0, 0.1) is 6.92 Å². The number of nitrogens with two attached hydrogens (primary N) is 1. The molecule has 1 spiro atoms. The number of nitrogens with zero attached hydrogens (tertiary/aromatic N) is 3. The topological polar surface area (TPSA) is 82.6 Å². The van der Waals surface area contributed by atoms with E-state index in [1.165, 1.54) is 17.5 Å². The first kappa shape index (κ1) is 18.6. The molecule has 0 aliphatic carbocycles. The zero-order valence-corrected chi connectivity index (χ0v) is 17.4. The van der Waals surface area contributed by atoms with Crippen LogP contribution in [0.25, 0.3) is 22.3 Å². The Kier molecular flexibility index (Phi) is 4.01. The lowest BCUT2D eigenvalue weighted by atomic mass is 9.79. The van der Waals surface area contributed by atoms with Gasteiger partial charge in [0.2, 0.25) is 0 Å². The van der Waals surface area contributed by atoms with Crippen LogP contribution in [-0.2, 0) is 10.3 Å². The predicted molar refractivity (Wildman–Crippen MR) is 123 cm³/mol. The minimum atomic E-state index is -0.780. The van der Waals surface area contributed by atoms with Crippen LogP contribution in [0.3, 0.4) is 0 Å². The van der Waals surface area contributed by atoms with E-state index < -0.39 is 5.54 Å².